The second-order valence-electron chi connectivity index (χ2n) is 5.11. The van der Waals surface area contributed by atoms with Crippen LogP contribution in [0, 0.1) is 5.82 Å². The smallest absolute Gasteiger partial charge is 0.210 e. The van der Waals surface area contributed by atoms with Gasteiger partial charge in [0.05, 0.1) is 5.02 Å². The van der Waals surface area contributed by atoms with Crippen LogP contribution >= 0.6 is 35.0 Å². The maximum Gasteiger partial charge on any atom is 0.210 e. The molecule has 1 heterocycles. The van der Waals surface area contributed by atoms with Gasteiger partial charge in [-0.3, -0.25) is 0 Å². The minimum Gasteiger partial charge on any atom is -0.335 e. The lowest BCUT2D eigenvalue weighted by Crippen LogP contribution is -2.12. The summed E-state index contributed by atoms with van der Waals surface area (Å²) >= 11 is 13.5. The fourth-order valence-corrected chi connectivity index (χ4v) is 3.56. The predicted molar refractivity (Wildman–Crippen MR) is 96.3 cm³/mol. The van der Waals surface area contributed by atoms with E-state index in [4.69, 9.17) is 29.0 Å². The first-order valence-corrected chi connectivity index (χ1v) is 8.67. The minimum atomic E-state index is -0.266. The fourth-order valence-electron chi connectivity index (χ4n) is 2.17. The predicted octanol–water partition coefficient (Wildman–Crippen LogP) is 4.96. The summed E-state index contributed by atoms with van der Waals surface area (Å²) in [5.74, 6) is 6.30. The van der Waals surface area contributed by atoms with Gasteiger partial charge in [-0.2, -0.15) is 0 Å². The molecule has 0 aliphatic carbocycles. The van der Waals surface area contributed by atoms with Crippen molar-refractivity contribution >= 4 is 35.0 Å². The van der Waals surface area contributed by atoms with E-state index in [1.165, 1.54) is 28.6 Å². The van der Waals surface area contributed by atoms with Gasteiger partial charge in [0, 0.05) is 15.8 Å². The average Bonchev–Trinajstić information content (AvgIpc) is 2.89. The first-order chi connectivity index (χ1) is 11.5. The first kappa shape index (κ1) is 17.1. The van der Waals surface area contributed by atoms with Crippen molar-refractivity contribution in [2.75, 3.05) is 5.84 Å². The highest BCUT2D eigenvalue weighted by atomic mass is 35.5. The number of hydrogen-bond acceptors (Lipinski definition) is 4. The molecule has 0 bridgehead atoms. The number of rotatable bonds is 4. The van der Waals surface area contributed by atoms with Gasteiger partial charge in [-0.05, 0) is 42.8 Å². The first-order valence-electron chi connectivity index (χ1n) is 7.03. The van der Waals surface area contributed by atoms with E-state index in [0.717, 1.165) is 5.56 Å². The van der Waals surface area contributed by atoms with Gasteiger partial charge in [-0.25, -0.2) is 9.07 Å². The van der Waals surface area contributed by atoms with Crippen molar-refractivity contribution in [3.63, 3.8) is 0 Å². The van der Waals surface area contributed by atoms with E-state index in [9.17, 15) is 4.39 Å². The maximum absolute atomic E-state index is 13.0. The van der Waals surface area contributed by atoms with Crippen LogP contribution < -0.4 is 5.84 Å². The Balaban J connectivity index is 1.86. The highest BCUT2D eigenvalue weighted by molar-refractivity contribution is 7.99. The molecule has 1 atom stereocenters. The van der Waals surface area contributed by atoms with Crippen molar-refractivity contribution in [1.29, 1.82) is 0 Å². The van der Waals surface area contributed by atoms with Crippen LogP contribution in [0.2, 0.25) is 10.0 Å². The van der Waals surface area contributed by atoms with Crippen LogP contribution in [0.15, 0.2) is 47.6 Å². The van der Waals surface area contributed by atoms with Crippen molar-refractivity contribution in [2.24, 2.45) is 0 Å². The SMILES string of the molecule is C[C@H](Sc1nnc(-c2ccc(Cl)cc2Cl)n1N)c1ccc(F)cc1. The van der Waals surface area contributed by atoms with E-state index in [0.29, 0.717) is 26.6 Å². The molecule has 0 saturated heterocycles. The van der Waals surface area contributed by atoms with Crippen LogP contribution in [0.5, 0.6) is 0 Å². The third-order valence-corrected chi connectivity index (χ3v) is 5.12. The Kier molecular flexibility index (Phi) is 4.99. The lowest BCUT2D eigenvalue weighted by atomic mass is 10.2. The molecule has 1 aromatic heterocycles. The summed E-state index contributed by atoms with van der Waals surface area (Å²) in [5, 5.41) is 9.79. The second-order valence-corrected chi connectivity index (χ2v) is 7.26. The summed E-state index contributed by atoms with van der Waals surface area (Å²) in [7, 11) is 0. The monoisotopic (exact) mass is 382 g/mol. The Hall–Kier alpha value is -1.76. The highest BCUT2D eigenvalue weighted by Crippen LogP contribution is 2.35. The van der Waals surface area contributed by atoms with Gasteiger partial charge in [-0.15, -0.1) is 10.2 Å². The number of benzene rings is 2. The van der Waals surface area contributed by atoms with E-state index >= 15 is 0 Å². The van der Waals surface area contributed by atoms with Crippen LogP contribution in [-0.2, 0) is 0 Å². The fraction of sp³-hybridized carbons (Fsp3) is 0.125. The molecule has 0 aliphatic rings. The molecule has 2 aromatic carbocycles. The number of aromatic nitrogens is 3. The largest absolute Gasteiger partial charge is 0.335 e. The number of nitrogens with zero attached hydrogens (tertiary/aromatic N) is 3. The number of nitrogens with two attached hydrogens (primary N) is 1. The van der Waals surface area contributed by atoms with Gasteiger partial charge in [0.1, 0.15) is 5.82 Å². The number of hydrogen-bond donors (Lipinski definition) is 1. The molecule has 0 unspecified atom stereocenters. The zero-order valence-electron chi connectivity index (χ0n) is 12.6. The van der Waals surface area contributed by atoms with Crippen LogP contribution in [0.3, 0.4) is 0 Å². The third kappa shape index (κ3) is 3.50. The maximum atomic E-state index is 13.0. The van der Waals surface area contributed by atoms with Crippen LogP contribution in [-0.4, -0.2) is 14.9 Å². The zero-order valence-corrected chi connectivity index (χ0v) is 14.9. The van der Waals surface area contributed by atoms with Crippen molar-refractivity contribution in [2.45, 2.75) is 17.3 Å². The van der Waals surface area contributed by atoms with Gasteiger partial charge in [0.25, 0.3) is 0 Å². The molecular weight excluding hydrogens is 370 g/mol. The summed E-state index contributed by atoms with van der Waals surface area (Å²) in [6.45, 7) is 1.99. The summed E-state index contributed by atoms with van der Waals surface area (Å²) < 4.78 is 14.4. The van der Waals surface area contributed by atoms with E-state index in [2.05, 4.69) is 10.2 Å². The van der Waals surface area contributed by atoms with Gasteiger partial charge in [0.15, 0.2) is 5.82 Å². The van der Waals surface area contributed by atoms with Crippen molar-refractivity contribution < 1.29 is 4.39 Å². The minimum absolute atomic E-state index is 0.0330. The Bertz CT molecular complexity index is 867. The average molecular weight is 383 g/mol. The summed E-state index contributed by atoms with van der Waals surface area (Å²) in [6, 6.07) is 11.4. The molecule has 2 N–H and O–H groups in total. The Labute approximate surface area is 152 Å². The van der Waals surface area contributed by atoms with Crippen LogP contribution in [0.25, 0.3) is 11.4 Å². The van der Waals surface area contributed by atoms with E-state index in [1.807, 2.05) is 6.92 Å². The topological polar surface area (TPSA) is 56.7 Å². The molecule has 0 fully saturated rings. The van der Waals surface area contributed by atoms with E-state index < -0.39 is 0 Å². The van der Waals surface area contributed by atoms with Gasteiger partial charge in [0.2, 0.25) is 5.16 Å². The highest BCUT2D eigenvalue weighted by Gasteiger charge is 2.18. The molecule has 124 valence electrons. The number of halogens is 3. The number of nitrogen functional groups attached to an aromatic ring is 1. The number of thioether (sulfide) groups is 1. The molecule has 0 radical (unpaired) electrons. The molecule has 0 amide bonds. The summed E-state index contributed by atoms with van der Waals surface area (Å²) in [4.78, 5) is 0. The third-order valence-electron chi connectivity index (χ3n) is 3.46. The molecule has 8 heteroatoms. The quantitative estimate of drug-likeness (QED) is 0.511. The second kappa shape index (κ2) is 7.01. The molecule has 0 saturated carbocycles. The Morgan fingerprint density at radius 3 is 2.50 bits per heavy atom. The van der Waals surface area contributed by atoms with Gasteiger partial charge < -0.3 is 5.84 Å². The van der Waals surface area contributed by atoms with Crippen molar-refractivity contribution in [1.82, 2.24) is 14.9 Å². The normalized spacial score (nSPS) is 12.3. The molecule has 24 heavy (non-hydrogen) atoms. The van der Waals surface area contributed by atoms with Gasteiger partial charge in [-0.1, -0.05) is 47.1 Å². The van der Waals surface area contributed by atoms with Gasteiger partial charge >= 0.3 is 0 Å². The lowest BCUT2D eigenvalue weighted by Gasteiger charge is -2.11. The Morgan fingerprint density at radius 1 is 1.12 bits per heavy atom. The zero-order chi connectivity index (χ0) is 17.3. The standard InChI is InChI=1S/C16H13Cl2FN4S/c1-9(10-2-5-12(19)6-3-10)24-16-22-21-15(23(16)20)13-7-4-11(17)8-14(13)18/h2-9H,20H2,1H3/t9-/m0/s1. The van der Waals surface area contributed by atoms with E-state index in [1.54, 1.807) is 30.3 Å². The van der Waals surface area contributed by atoms with E-state index in [-0.39, 0.29) is 11.1 Å². The summed E-state index contributed by atoms with van der Waals surface area (Å²) in [6.07, 6.45) is 0. The lowest BCUT2D eigenvalue weighted by molar-refractivity contribution is 0.627. The molecule has 4 nitrogen and oxygen atoms in total. The molecule has 0 aliphatic heterocycles. The summed E-state index contributed by atoms with van der Waals surface area (Å²) in [5.41, 5.74) is 1.62. The molecule has 3 rings (SSSR count). The Morgan fingerprint density at radius 2 is 1.83 bits per heavy atom. The van der Waals surface area contributed by atoms with Crippen molar-refractivity contribution in [3.05, 3.63) is 63.9 Å². The molecule has 0 spiro atoms. The van der Waals surface area contributed by atoms with Crippen LogP contribution in [0.4, 0.5) is 4.39 Å². The molecule has 3 aromatic rings. The molecular formula is C16H13Cl2FN4S. The van der Waals surface area contributed by atoms with Crippen LogP contribution in [0.1, 0.15) is 17.7 Å². The van der Waals surface area contributed by atoms with Crippen molar-refractivity contribution in [3.8, 4) is 11.4 Å².